The Morgan fingerprint density at radius 2 is 1.71 bits per heavy atom. The lowest BCUT2D eigenvalue weighted by atomic mass is 9.82. The Morgan fingerprint density at radius 1 is 1.00 bits per heavy atom. The van der Waals surface area contributed by atoms with Crippen molar-refractivity contribution >= 4 is 11.8 Å². The fourth-order valence-corrected chi connectivity index (χ4v) is 5.45. The number of amides is 2. The van der Waals surface area contributed by atoms with Gasteiger partial charge in [0.25, 0.3) is 0 Å². The number of hydrogen-bond acceptors (Lipinski definition) is 8. The number of carbonyl (C=O) groups excluding carboxylic acids is 2. The highest BCUT2D eigenvalue weighted by atomic mass is 16.5. The van der Waals surface area contributed by atoms with Crippen molar-refractivity contribution in [1.82, 2.24) is 15.5 Å². The summed E-state index contributed by atoms with van der Waals surface area (Å²) in [6, 6.07) is 4.78. The van der Waals surface area contributed by atoms with Crippen LogP contribution in [0.1, 0.15) is 65.4 Å². The molecule has 0 aromatic heterocycles. The van der Waals surface area contributed by atoms with Crippen LogP contribution in [0.4, 0.5) is 0 Å². The third kappa shape index (κ3) is 12.1. The summed E-state index contributed by atoms with van der Waals surface area (Å²) in [4.78, 5) is 27.8. The number of likely N-dealkylation sites (tertiary alicyclic amines) is 1. The number of nitrogens with one attached hydrogen (secondary N) is 2. The third-order valence-electron chi connectivity index (χ3n) is 8.11. The number of β-amino-alcohol motifs (C(OH)–C–C–N with tert-alkyl or cyclic N) is 1. The quantitative estimate of drug-likeness (QED) is 0.180. The van der Waals surface area contributed by atoms with Crippen molar-refractivity contribution in [3.05, 3.63) is 23.8 Å². The van der Waals surface area contributed by atoms with E-state index in [2.05, 4.69) is 29.4 Å². The average Bonchev–Trinajstić information content (AvgIpc) is 2.97. The van der Waals surface area contributed by atoms with E-state index < -0.39 is 18.2 Å². The van der Waals surface area contributed by atoms with Crippen molar-refractivity contribution in [2.75, 3.05) is 53.6 Å². The highest BCUT2D eigenvalue weighted by molar-refractivity contribution is 5.88. The first-order chi connectivity index (χ1) is 20.1. The van der Waals surface area contributed by atoms with Crippen LogP contribution in [-0.4, -0.2) is 93.6 Å². The molecule has 0 radical (unpaired) electrons. The number of benzene rings is 1. The summed E-state index contributed by atoms with van der Waals surface area (Å²) >= 11 is 0. The van der Waals surface area contributed by atoms with E-state index in [9.17, 15) is 14.7 Å². The van der Waals surface area contributed by atoms with Gasteiger partial charge in [-0.3, -0.25) is 9.59 Å². The zero-order valence-corrected chi connectivity index (χ0v) is 26.7. The molecule has 0 saturated carbocycles. The summed E-state index contributed by atoms with van der Waals surface area (Å²) < 4.78 is 16.7. The number of ether oxygens (including phenoxy) is 3. The highest BCUT2D eigenvalue weighted by Crippen LogP contribution is 2.31. The van der Waals surface area contributed by atoms with Gasteiger partial charge >= 0.3 is 0 Å². The maximum atomic E-state index is 13.5. The lowest BCUT2D eigenvalue weighted by Crippen LogP contribution is -2.57. The minimum atomic E-state index is -0.748. The molecule has 1 aliphatic heterocycles. The summed E-state index contributed by atoms with van der Waals surface area (Å²) in [5.41, 5.74) is 6.60. The van der Waals surface area contributed by atoms with Crippen LogP contribution >= 0.6 is 0 Å². The minimum absolute atomic E-state index is 0.136. The number of nitrogens with zero attached hydrogens (tertiary/aromatic N) is 1. The van der Waals surface area contributed by atoms with E-state index in [1.54, 1.807) is 14.2 Å². The fraction of sp³-hybridized carbons (Fsp3) is 0.750. The smallest absolute Gasteiger partial charge is 0.243 e. The molecule has 1 aromatic rings. The summed E-state index contributed by atoms with van der Waals surface area (Å²) in [5.74, 6) is 1.01. The van der Waals surface area contributed by atoms with E-state index in [1.807, 2.05) is 32.0 Å². The predicted molar refractivity (Wildman–Crippen MR) is 166 cm³/mol. The van der Waals surface area contributed by atoms with Gasteiger partial charge in [0.05, 0.1) is 32.4 Å². The van der Waals surface area contributed by atoms with Gasteiger partial charge in [-0.1, -0.05) is 40.2 Å². The Kier molecular flexibility index (Phi) is 16.2. The Hall–Kier alpha value is -2.40. The Labute approximate surface area is 253 Å². The molecular weight excluding hydrogens is 536 g/mol. The minimum Gasteiger partial charge on any atom is -0.493 e. The fourth-order valence-electron chi connectivity index (χ4n) is 5.45. The van der Waals surface area contributed by atoms with Gasteiger partial charge in [0.2, 0.25) is 11.8 Å². The van der Waals surface area contributed by atoms with Gasteiger partial charge in [-0.15, -0.1) is 0 Å². The van der Waals surface area contributed by atoms with E-state index in [-0.39, 0.29) is 36.1 Å². The summed E-state index contributed by atoms with van der Waals surface area (Å²) in [6.07, 6.45) is 4.80. The average molecular weight is 593 g/mol. The lowest BCUT2D eigenvalue weighted by molar-refractivity contribution is -0.130. The first-order valence-electron chi connectivity index (χ1n) is 15.6. The molecule has 1 saturated heterocycles. The molecule has 1 aliphatic rings. The van der Waals surface area contributed by atoms with E-state index in [0.717, 1.165) is 44.3 Å². The van der Waals surface area contributed by atoms with Crippen molar-refractivity contribution in [1.29, 1.82) is 0 Å². The number of methoxy groups -OCH3 is 2. The third-order valence-corrected chi connectivity index (χ3v) is 8.11. The number of aliphatic hydroxyl groups is 1. The first kappa shape index (κ1) is 35.8. The van der Waals surface area contributed by atoms with Crippen molar-refractivity contribution in [3.8, 4) is 11.5 Å². The molecule has 5 N–H and O–H groups in total. The molecule has 10 nitrogen and oxygen atoms in total. The lowest BCUT2D eigenvalue weighted by Gasteiger charge is -2.35. The maximum absolute atomic E-state index is 13.5. The van der Waals surface area contributed by atoms with Crippen molar-refractivity contribution in [3.63, 3.8) is 0 Å². The second kappa shape index (κ2) is 19.0. The van der Waals surface area contributed by atoms with Crippen LogP contribution in [0.2, 0.25) is 0 Å². The van der Waals surface area contributed by atoms with Crippen LogP contribution < -0.4 is 25.8 Å². The topological polar surface area (TPSA) is 135 Å². The maximum Gasteiger partial charge on any atom is 0.243 e. The SMILES string of the molecule is COCCCOc1cc(C[C@@H](C[C@H](NC(=O)[C@@H](NC(=O)CN)C(C)C)[C@@H](O)CN2CCCCC2)C(C)C)ccc1OC. The second-order valence-electron chi connectivity index (χ2n) is 12.2. The molecule has 42 heavy (non-hydrogen) atoms. The number of nitrogens with two attached hydrogens (primary N) is 1. The van der Waals surface area contributed by atoms with Gasteiger partial charge in [-0.2, -0.15) is 0 Å². The molecule has 2 rings (SSSR count). The van der Waals surface area contributed by atoms with Gasteiger partial charge < -0.3 is 40.6 Å². The molecule has 1 fully saturated rings. The number of rotatable bonds is 19. The van der Waals surface area contributed by atoms with E-state index in [4.69, 9.17) is 19.9 Å². The van der Waals surface area contributed by atoms with Crippen molar-refractivity contribution in [2.24, 2.45) is 23.5 Å². The largest absolute Gasteiger partial charge is 0.493 e. The van der Waals surface area contributed by atoms with Gasteiger partial charge in [-0.05, 0) is 74.2 Å². The Bertz CT molecular complexity index is 938. The number of aliphatic hydroxyl groups excluding tert-OH is 1. The summed E-state index contributed by atoms with van der Waals surface area (Å²) in [6.45, 7) is 11.5. The first-order valence-corrected chi connectivity index (χ1v) is 15.6. The molecule has 10 heteroatoms. The van der Waals surface area contributed by atoms with Crippen molar-refractivity contribution < 1.29 is 28.9 Å². The van der Waals surface area contributed by atoms with E-state index in [1.165, 1.54) is 6.42 Å². The van der Waals surface area contributed by atoms with Gasteiger partial charge in [0.1, 0.15) is 6.04 Å². The Morgan fingerprint density at radius 3 is 2.31 bits per heavy atom. The van der Waals surface area contributed by atoms with Crippen LogP contribution in [0.3, 0.4) is 0 Å². The van der Waals surface area contributed by atoms with Crippen molar-refractivity contribution in [2.45, 2.75) is 84.4 Å². The predicted octanol–water partition coefficient (Wildman–Crippen LogP) is 2.75. The molecule has 4 atom stereocenters. The summed E-state index contributed by atoms with van der Waals surface area (Å²) in [7, 11) is 3.30. The zero-order chi connectivity index (χ0) is 31.1. The van der Waals surface area contributed by atoms with Crippen LogP contribution in [0.25, 0.3) is 0 Å². The molecule has 1 aromatic carbocycles. The normalized spacial score (nSPS) is 17.0. The molecule has 0 bridgehead atoms. The molecule has 240 valence electrons. The van der Waals surface area contributed by atoms with Gasteiger partial charge in [0, 0.05) is 26.7 Å². The molecule has 1 heterocycles. The van der Waals surface area contributed by atoms with Crippen LogP contribution in [-0.2, 0) is 20.7 Å². The molecule has 0 aliphatic carbocycles. The number of piperidine rings is 1. The monoisotopic (exact) mass is 592 g/mol. The second-order valence-corrected chi connectivity index (χ2v) is 12.2. The van der Waals surface area contributed by atoms with Gasteiger partial charge in [-0.25, -0.2) is 0 Å². The summed E-state index contributed by atoms with van der Waals surface area (Å²) in [5, 5.41) is 17.4. The van der Waals surface area contributed by atoms with Gasteiger partial charge in [0.15, 0.2) is 11.5 Å². The molecule has 2 amide bonds. The van der Waals surface area contributed by atoms with Crippen LogP contribution in [0.15, 0.2) is 18.2 Å². The molecular formula is C32H56N4O6. The highest BCUT2D eigenvalue weighted by Gasteiger charge is 2.32. The van der Waals surface area contributed by atoms with E-state index in [0.29, 0.717) is 37.7 Å². The molecule has 0 unspecified atom stereocenters. The van der Waals surface area contributed by atoms with Crippen LogP contribution in [0, 0.1) is 17.8 Å². The Balaban J connectivity index is 2.25. The molecule has 0 spiro atoms. The number of carbonyl (C=O) groups is 2. The standard InChI is InChI=1S/C32H56N4O6/c1-22(2)25(17-24-11-12-28(41-6)29(18-24)42-16-10-15-40-5)19-26(27(37)21-36-13-8-7-9-14-36)34-32(39)31(23(3)4)35-30(38)20-33/h11-12,18,22-23,25-27,31,37H,7-10,13-17,19-21,33H2,1-6H3,(H,34,39)(H,35,38)/t25-,26-,27-,31-/m0/s1. The zero-order valence-electron chi connectivity index (χ0n) is 26.7. The van der Waals surface area contributed by atoms with E-state index >= 15 is 0 Å². The van der Waals surface area contributed by atoms with Crippen LogP contribution in [0.5, 0.6) is 11.5 Å². The number of hydrogen-bond donors (Lipinski definition) is 4.